The fourth-order valence-corrected chi connectivity index (χ4v) is 3.05. The molecule has 1 aliphatic rings. The predicted octanol–water partition coefficient (Wildman–Crippen LogP) is 1.45. The number of rotatable bonds is 7. The molecule has 1 aliphatic heterocycles. The van der Waals surface area contributed by atoms with E-state index in [-0.39, 0.29) is 16.5 Å². The minimum atomic E-state index is -1.32. The first kappa shape index (κ1) is 22.5. The summed E-state index contributed by atoms with van der Waals surface area (Å²) in [4.78, 5) is 48.4. The summed E-state index contributed by atoms with van der Waals surface area (Å²) >= 11 is 5.11. The summed E-state index contributed by atoms with van der Waals surface area (Å²) in [6.45, 7) is 1.33. The third kappa shape index (κ3) is 5.10. The Morgan fingerprint density at radius 2 is 1.97 bits per heavy atom. The lowest BCUT2D eigenvalue weighted by Gasteiger charge is -2.30. The number of carbonyl (C=O) groups is 3. The molecule has 1 saturated heterocycles. The van der Waals surface area contributed by atoms with E-state index in [0.29, 0.717) is 5.69 Å². The number of nitro benzene ring substituents is 1. The first-order chi connectivity index (χ1) is 15.3. The molecule has 0 aliphatic carbocycles. The largest absolute Gasteiger partial charge is 0.477 e. The molecular formula is C20H17N5O6S. The van der Waals surface area contributed by atoms with E-state index < -0.39 is 35.2 Å². The summed E-state index contributed by atoms with van der Waals surface area (Å²) < 4.78 is 5.14. The molecule has 1 atom stereocenters. The van der Waals surface area contributed by atoms with Crippen LogP contribution in [0.3, 0.4) is 0 Å². The number of ether oxygens (including phenoxy) is 1. The highest BCUT2D eigenvalue weighted by atomic mass is 32.1. The molecule has 0 radical (unpaired) electrons. The number of nitro groups is 1. The number of nitrogens with zero attached hydrogens (tertiary/aromatic N) is 3. The minimum Gasteiger partial charge on any atom is -0.477 e. The van der Waals surface area contributed by atoms with Crippen LogP contribution in [0.5, 0.6) is 5.75 Å². The van der Waals surface area contributed by atoms with E-state index in [1.807, 2.05) is 6.92 Å². The topological polar surface area (TPSA) is 143 Å². The highest BCUT2D eigenvalue weighted by Crippen LogP contribution is 2.25. The zero-order chi connectivity index (χ0) is 23.3. The van der Waals surface area contributed by atoms with Crippen molar-refractivity contribution in [2.75, 3.05) is 11.5 Å². The van der Waals surface area contributed by atoms with Crippen molar-refractivity contribution in [1.29, 1.82) is 0 Å². The molecular weight excluding hydrogens is 438 g/mol. The van der Waals surface area contributed by atoms with E-state index in [1.54, 1.807) is 24.3 Å². The summed E-state index contributed by atoms with van der Waals surface area (Å²) in [5.41, 5.74) is 3.29. The van der Waals surface area contributed by atoms with Crippen molar-refractivity contribution in [2.24, 2.45) is 11.0 Å². The minimum absolute atomic E-state index is 0.0598. The lowest BCUT2D eigenvalue weighted by molar-refractivity contribution is -0.385. The van der Waals surface area contributed by atoms with Crippen molar-refractivity contribution >= 4 is 52.6 Å². The van der Waals surface area contributed by atoms with Gasteiger partial charge in [-0.25, -0.2) is 5.43 Å². The van der Waals surface area contributed by atoms with Gasteiger partial charge in [-0.05, 0) is 37.3 Å². The average molecular weight is 455 g/mol. The molecule has 0 unspecified atom stereocenters. The molecule has 11 nitrogen and oxygen atoms in total. The van der Waals surface area contributed by atoms with Gasteiger partial charge in [0.25, 0.3) is 11.8 Å². The SMILES string of the molecule is Cc1ccc(N2C(=O)[C@@H](/C=N\NC(=O)COc3ccccc3[N+](=O)[O-])C(=O)NC2=S)cc1. The Labute approximate surface area is 187 Å². The molecule has 0 saturated carbocycles. The summed E-state index contributed by atoms with van der Waals surface area (Å²) in [5, 5.41) is 17.0. The van der Waals surface area contributed by atoms with Gasteiger partial charge in [0.1, 0.15) is 0 Å². The van der Waals surface area contributed by atoms with Crippen LogP contribution < -0.4 is 20.4 Å². The molecule has 0 aromatic heterocycles. The average Bonchev–Trinajstić information content (AvgIpc) is 2.75. The van der Waals surface area contributed by atoms with E-state index in [2.05, 4.69) is 15.8 Å². The summed E-state index contributed by atoms with van der Waals surface area (Å²) in [6.07, 6.45) is 0.976. The lowest BCUT2D eigenvalue weighted by Crippen LogP contribution is -2.58. The van der Waals surface area contributed by atoms with Gasteiger partial charge in [0, 0.05) is 12.3 Å². The molecule has 2 aromatic carbocycles. The Balaban J connectivity index is 1.62. The van der Waals surface area contributed by atoms with Gasteiger partial charge in [0.2, 0.25) is 5.91 Å². The van der Waals surface area contributed by atoms with E-state index >= 15 is 0 Å². The van der Waals surface area contributed by atoms with E-state index in [9.17, 15) is 24.5 Å². The number of para-hydroxylation sites is 2. The van der Waals surface area contributed by atoms with Gasteiger partial charge in [-0.3, -0.25) is 29.4 Å². The zero-order valence-corrected chi connectivity index (χ0v) is 17.5. The Kier molecular flexibility index (Phi) is 6.85. The van der Waals surface area contributed by atoms with Crippen LogP contribution in [0.4, 0.5) is 11.4 Å². The van der Waals surface area contributed by atoms with Crippen LogP contribution in [0, 0.1) is 23.0 Å². The van der Waals surface area contributed by atoms with E-state index in [1.165, 1.54) is 29.2 Å². The van der Waals surface area contributed by atoms with Crippen LogP contribution >= 0.6 is 12.2 Å². The molecule has 32 heavy (non-hydrogen) atoms. The molecule has 3 rings (SSSR count). The molecule has 2 N–H and O–H groups in total. The van der Waals surface area contributed by atoms with Crippen LogP contribution in [0.15, 0.2) is 53.6 Å². The first-order valence-corrected chi connectivity index (χ1v) is 9.62. The number of aryl methyl sites for hydroxylation is 1. The third-order valence-corrected chi connectivity index (χ3v) is 4.61. The zero-order valence-electron chi connectivity index (χ0n) is 16.7. The second kappa shape index (κ2) is 9.75. The van der Waals surface area contributed by atoms with Crippen LogP contribution in [-0.4, -0.2) is 40.6 Å². The number of hydrazone groups is 1. The Bertz CT molecular complexity index is 1120. The maximum Gasteiger partial charge on any atom is 0.310 e. The normalized spacial score (nSPS) is 16.1. The molecule has 3 amide bonds. The number of benzene rings is 2. The number of nitrogens with one attached hydrogen (secondary N) is 2. The fourth-order valence-electron chi connectivity index (χ4n) is 2.75. The van der Waals surface area contributed by atoms with Gasteiger partial charge in [0.05, 0.1) is 10.6 Å². The lowest BCUT2D eigenvalue weighted by atomic mass is 10.1. The van der Waals surface area contributed by atoms with Crippen LogP contribution in [0.1, 0.15) is 5.56 Å². The van der Waals surface area contributed by atoms with Crippen LogP contribution in [0.25, 0.3) is 0 Å². The summed E-state index contributed by atoms with van der Waals surface area (Å²) in [7, 11) is 0. The highest BCUT2D eigenvalue weighted by molar-refractivity contribution is 7.80. The van der Waals surface area contributed by atoms with Crippen molar-refractivity contribution in [2.45, 2.75) is 6.92 Å². The molecule has 1 heterocycles. The molecule has 0 spiro atoms. The van der Waals surface area contributed by atoms with Gasteiger partial charge in [-0.15, -0.1) is 0 Å². The Morgan fingerprint density at radius 3 is 2.66 bits per heavy atom. The Morgan fingerprint density at radius 1 is 1.28 bits per heavy atom. The monoisotopic (exact) mass is 455 g/mol. The number of hydrogen-bond donors (Lipinski definition) is 2. The third-order valence-electron chi connectivity index (χ3n) is 4.33. The molecule has 1 fully saturated rings. The van der Waals surface area contributed by atoms with Crippen LogP contribution in [0.2, 0.25) is 0 Å². The second-order valence-corrected chi connectivity index (χ2v) is 6.99. The maximum atomic E-state index is 12.8. The molecule has 2 aromatic rings. The summed E-state index contributed by atoms with van der Waals surface area (Å²) in [5.74, 6) is -3.46. The predicted molar refractivity (Wildman–Crippen MR) is 118 cm³/mol. The molecule has 0 bridgehead atoms. The van der Waals surface area contributed by atoms with E-state index in [0.717, 1.165) is 11.8 Å². The number of carbonyl (C=O) groups excluding carboxylic acids is 3. The quantitative estimate of drug-likeness (QED) is 0.211. The van der Waals surface area contributed by atoms with E-state index in [4.69, 9.17) is 17.0 Å². The first-order valence-electron chi connectivity index (χ1n) is 9.21. The number of thiocarbonyl (C=S) groups is 1. The van der Waals surface area contributed by atoms with Gasteiger partial charge >= 0.3 is 5.69 Å². The van der Waals surface area contributed by atoms with Gasteiger partial charge < -0.3 is 10.1 Å². The second-order valence-electron chi connectivity index (χ2n) is 6.61. The Hall–Kier alpha value is -4.19. The van der Waals surface area contributed by atoms with Gasteiger partial charge in [-0.1, -0.05) is 29.8 Å². The van der Waals surface area contributed by atoms with Gasteiger partial charge in [0.15, 0.2) is 23.4 Å². The standard InChI is InChI=1S/C20H17N5O6S/c1-12-6-8-13(9-7-12)24-19(28)14(18(27)22-20(24)32)10-21-23-17(26)11-31-16-5-3-2-4-15(16)25(29)30/h2-10,14H,11H2,1H3,(H,23,26)(H,22,27,32)/b21-10-/t14-/m0/s1. The smallest absolute Gasteiger partial charge is 0.310 e. The number of amides is 3. The van der Waals surface area contributed by atoms with Crippen molar-refractivity contribution in [3.8, 4) is 5.75 Å². The number of anilines is 1. The molecule has 164 valence electrons. The van der Waals surface area contributed by atoms with Gasteiger partial charge in [-0.2, -0.15) is 5.10 Å². The van der Waals surface area contributed by atoms with Crippen molar-refractivity contribution < 1.29 is 24.0 Å². The number of hydrogen-bond acceptors (Lipinski definition) is 8. The van der Waals surface area contributed by atoms with Crippen molar-refractivity contribution in [3.05, 3.63) is 64.2 Å². The maximum absolute atomic E-state index is 12.8. The van der Waals surface area contributed by atoms with Crippen molar-refractivity contribution in [1.82, 2.24) is 10.7 Å². The van der Waals surface area contributed by atoms with Crippen LogP contribution in [-0.2, 0) is 14.4 Å². The van der Waals surface area contributed by atoms with Crippen molar-refractivity contribution in [3.63, 3.8) is 0 Å². The molecule has 12 heteroatoms. The fraction of sp³-hybridized carbons (Fsp3) is 0.150. The summed E-state index contributed by atoms with van der Waals surface area (Å²) in [6, 6.07) is 12.5. The highest BCUT2D eigenvalue weighted by Gasteiger charge is 2.38.